The van der Waals surface area contributed by atoms with Crippen LogP contribution in [0.15, 0.2) is 54.6 Å². The van der Waals surface area contributed by atoms with Gasteiger partial charge in [-0.25, -0.2) is 18.4 Å². The fourth-order valence-corrected chi connectivity index (χ4v) is 11.1. The van der Waals surface area contributed by atoms with E-state index in [1.165, 1.54) is 0 Å². The van der Waals surface area contributed by atoms with Crippen LogP contribution in [-0.4, -0.2) is 153 Å². The number of piperidine rings is 1. The number of carbonyl (C=O) groups excluding carboxylic acids is 4. The summed E-state index contributed by atoms with van der Waals surface area (Å²) in [6.45, 7) is 5.77. The SMILES string of the molecule is CCCN(Cc1ccc(OC)c(C)c1)C(=O)C(C)C1N(C(=O)OCCOCCO[N+](=O)[O-])C2CC(C(=O)N3CCC(OC(=O)OCCOCCO[N+](=O)[O-])CC3)CC21Cc1ccc(CCCOc2c(F)ccc(F)c2Cl)cc1. The summed E-state index contributed by atoms with van der Waals surface area (Å²) in [5, 5.41) is 18.6. The van der Waals surface area contributed by atoms with Crippen molar-refractivity contribution in [1.29, 1.82) is 0 Å². The van der Waals surface area contributed by atoms with Crippen LogP contribution in [0.5, 0.6) is 11.5 Å². The number of carbonyl (C=O) groups is 4. The summed E-state index contributed by atoms with van der Waals surface area (Å²) in [7, 11) is 1.59. The first-order chi connectivity index (χ1) is 37.5. The number of amides is 3. The molecule has 3 amide bonds. The van der Waals surface area contributed by atoms with Crippen LogP contribution in [0.1, 0.15) is 74.6 Å². The van der Waals surface area contributed by atoms with Crippen LogP contribution in [-0.2, 0) is 62.3 Å². The molecule has 78 heavy (non-hydrogen) atoms. The van der Waals surface area contributed by atoms with Gasteiger partial charge in [0.05, 0.1) is 52.1 Å². The molecule has 25 heteroatoms. The summed E-state index contributed by atoms with van der Waals surface area (Å²) in [5.74, 6) is -2.91. The van der Waals surface area contributed by atoms with Gasteiger partial charge in [-0.15, -0.1) is 20.2 Å². The Morgan fingerprint density at radius 2 is 1.45 bits per heavy atom. The molecule has 2 saturated heterocycles. The Kier molecular flexibility index (Phi) is 22.7. The quantitative estimate of drug-likeness (QED) is 0.0203. The van der Waals surface area contributed by atoms with Gasteiger partial charge in [-0.3, -0.25) is 9.59 Å². The second kappa shape index (κ2) is 29.3. The van der Waals surface area contributed by atoms with Crippen molar-refractivity contribution in [3.05, 3.63) is 114 Å². The van der Waals surface area contributed by atoms with Crippen molar-refractivity contribution in [2.24, 2.45) is 17.3 Å². The van der Waals surface area contributed by atoms with Gasteiger partial charge in [0.25, 0.3) is 10.2 Å². The second-order valence-electron chi connectivity index (χ2n) is 19.4. The number of aryl methyl sites for hydroxylation is 2. The molecule has 3 fully saturated rings. The number of rotatable bonds is 30. The molecular weight excluding hydrogens is 1050 g/mol. The van der Waals surface area contributed by atoms with Crippen molar-refractivity contribution in [1.82, 2.24) is 14.7 Å². The number of hydrogen-bond acceptors (Lipinski definition) is 17. The zero-order valence-corrected chi connectivity index (χ0v) is 45.0. The predicted octanol–water partition coefficient (Wildman–Crippen LogP) is 7.74. The molecule has 0 bridgehead atoms. The third-order valence-electron chi connectivity index (χ3n) is 14.3. The van der Waals surface area contributed by atoms with Gasteiger partial charge in [0.15, 0.2) is 11.6 Å². The lowest BCUT2D eigenvalue weighted by molar-refractivity contribution is -0.758. The van der Waals surface area contributed by atoms with Gasteiger partial charge in [0, 0.05) is 56.4 Å². The van der Waals surface area contributed by atoms with Crippen LogP contribution in [0.2, 0.25) is 5.02 Å². The number of benzene rings is 3. The lowest BCUT2D eigenvalue weighted by Gasteiger charge is -2.62. The molecule has 0 aromatic heterocycles. The first-order valence-electron chi connectivity index (χ1n) is 26.0. The van der Waals surface area contributed by atoms with E-state index in [0.717, 1.165) is 34.4 Å². The Hall–Kier alpha value is -6.79. The van der Waals surface area contributed by atoms with E-state index < -0.39 is 74.5 Å². The van der Waals surface area contributed by atoms with Crippen LogP contribution in [0.3, 0.4) is 0 Å². The highest BCUT2D eigenvalue weighted by Crippen LogP contribution is 2.61. The van der Waals surface area contributed by atoms with Crippen molar-refractivity contribution in [3.8, 4) is 11.5 Å². The molecule has 5 atom stereocenters. The minimum absolute atomic E-state index is 0.0313. The summed E-state index contributed by atoms with van der Waals surface area (Å²) in [6, 6.07) is 14.2. The van der Waals surface area contributed by atoms with Gasteiger partial charge in [0.1, 0.15) is 49.1 Å². The first kappa shape index (κ1) is 60.4. The average molecular weight is 1120 g/mol. The summed E-state index contributed by atoms with van der Waals surface area (Å²) < 4.78 is 66.3. The monoisotopic (exact) mass is 1120 g/mol. The summed E-state index contributed by atoms with van der Waals surface area (Å²) in [5.41, 5.74) is 2.81. The molecule has 0 radical (unpaired) electrons. The minimum Gasteiger partial charge on any atom is -0.496 e. The molecule has 2 aliphatic heterocycles. The van der Waals surface area contributed by atoms with Gasteiger partial charge in [-0.2, -0.15) is 0 Å². The van der Waals surface area contributed by atoms with E-state index in [1.54, 1.807) is 21.8 Å². The molecule has 0 N–H and O–H groups in total. The molecule has 3 aromatic carbocycles. The molecule has 3 aliphatic rings. The molecule has 0 spiro atoms. The van der Waals surface area contributed by atoms with Crippen molar-refractivity contribution in [3.63, 3.8) is 0 Å². The molecule has 3 aromatic rings. The smallest absolute Gasteiger partial charge is 0.496 e. The average Bonchev–Trinajstić information content (AvgIpc) is 3.71. The number of halogens is 3. The third kappa shape index (κ3) is 16.1. The molecule has 6 rings (SSSR count). The fraction of sp³-hybridized carbons (Fsp3) is 0.585. The highest BCUT2D eigenvalue weighted by molar-refractivity contribution is 6.32. The number of methoxy groups -OCH3 is 1. The number of hydrogen-bond donors (Lipinski definition) is 0. The topological polar surface area (TPSA) is 247 Å². The standard InChI is InChI=1S/C53H68ClF2N5O17/c1-5-18-58(34-39-12-15-44(70-4)35(2)30-39)49(62)36(3)48-53(32-38-10-8-37(9-11-38)7-6-21-73-47-43(56)14-13-42(55)46(47)54)33-40(31-45(53)59(48)51(64)74-26-22-71-24-28-76-60(66)67)50(63)57-19-16-41(17-20-57)78-52(65)75-27-23-72-25-29-77-61(68)69/h8-15,30,36,40-41,45,48H,5-7,16-29,31-34H2,1-4H3. The molecule has 428 valence electrons. The van der Waals surface area contributed by atoms with Crippen LogP contribution in [0.25, 0.3) is 0 Å². The van der Waals surface area contributed by atoms with Gasteiger partial charge < -0.3 is 57.5 Å². The Bertz CT molecular complexity index is 2520. The second-order valence-corrected chi connectivity index (χ2v) is 19.8. The molecule has 1 saturated carbocycles. The maximum Gasteiger partial charge on any atom is 0.508 e. The fourth-order valence-electron chi connectivity index (χ4n) is 10.9. The van der Waals surface area contributed by atoms with Crippen molar-refractivity contribution in [2.75, 3.05) is 86.2 Å². The van der Waals surface area contributed by atoms with Crippen molar-refractivity contribution >= 4 is 35.7 Å². The van der Waals surface area contributed by atoms with Gasteiger partial charge in [-0.05, 0) is 85.9 Å². The molecule has 22 nitrogen and oxygen atoms in total. The largest absolute Gasteiger partial charge is 0.508 e. The van der Waals surface area contributed by atoms with E-state index in [9.17, 15) is 43.4 Å². The molecule has 2 heterocycles. The zero-order chi connectivity index (χ0) is 56.4. The van der Waals surface area contributed by atoms with E-state index in [4.69, 9.17) is 44.8 Å². The van der Waals surface area contributed by atoms with Gasteiger partial charge in [-0.1, -0.05) is 61.8 Å². The Labute approximate surface area is 455 Å². The molecule has 1 aliphatic carbocycles. The first-order valence-corrected chi connectivity index (χ1v) is 26.4. The van der Waals surface area contributed by atoms with Crippen LogP contribution in [0, 0.1) is 56.0 Å². The predicted molar refractivity (Wildman–Crippen MR) is 273 cm³/mol. The minimum atomic E-state index is -0.939. The van der Waals surface area contributed by atoms with Gasteiger partial charge in [0.2, 0.25) is 11.8 Å². The van der Waals surface area contributed by atoms with E-state index in [2.05, 4.69) is 9.68 Å². The lowest BCUT2D eigenvalue weighted by Crippen LogP contribution is -2.74. The summed E-state index contributed by atoms with van der Waals surface area (Å²) in [4.78, 5) is 91.3. The maximum atomic E-state index is 15.1. The summed E-state index contributed by atoms with van der Waals surface area (Å²) in [6.07, 6.45) is 1.12. The van der Waals surface area contributed by atoms with Crippen LogP contribution >= 0.6 is 11.6 Å². The normalized spacial score (nSPS) is 19.2. The Morgan fingerprint density at radius 3 is 2.08 bits per heavy atom. The molecular formula is C53H68ClF2N5O17. The summed E-state index contributed by atoms with van der Waals surface area (Å²) >= 11 is 5.95. The number of likely N-dealkylation sites (tertiary alicyclic amines) is 2. The number of ether oxygens (including phenoxy) is 7. The Morgan fingerprint density at radius 1 is 0.833 bits per heavy atom. The highest BCUT2D eigenvalue weighted by Gasteiger charge is 2.69. The van der Waals surface area contributed by atoms with E-state index in [1.807, 2.05) is 63.2 Å². The number of nitrogens with zero attached hydrogens (tertiary/aromatic N) is 5. The molecule has 5 unspecified atom stereocenters. The van der Waals surface area contributed by atoms with E-state index in [-0.39, 0.29) is 96.5 Å². The van der Waals surface area contributed by atoms with E-state index >= 15 is 4.79 Å². The number of fused-ring (bicyclic) bond motifs is 1. The van der Waals surface area contributed by atoms with E-state index in [0.29, 0.717) is 63.8 Å². The highest BCUT2D eigenvalue weighted by atomic mass is 35.5. The third-order valence-corrected chi connectivity index (χ3v) is 14.6. The Balaban J connectivity index is 1.21. The van der Waals surface area contributed by atoms with Crippen molar-refractivity contribution < 1.29 is 81.0 Å². The van der Waals surface area contributed by atoms with Crippen LogP contribution in [0.4, 0.5) is 18.4 Å². The zero-order valence-electron chi connectivity index (χ0n) is 44.2. The maximum absolute atomic E-state index is 15.1. The van der Waals surface area contributed by atoms with Gasteiger partial charge >= 0.3 is 12.2 Å². The lowest BCUT2D eigenvalue weighted by atomic mass is 9.59. The van der Waals surface area contributed by atoms with Crippen LogP contribution < -0.4 is 9.47 Å². The van der Waals surface area contributed by atoms with Crippen molar-refractivity contribution in [2.45, 2.75) is 96.9 Å².